The van der Waals surface area contributed by atoms with Crippen LogP contribution >= 0.6 is 0 Å². The van der Waals surface area contributed by atoms with Gasteiger partial charge in [0.1, 0.15) is 12.3 Å². The fraction of sp³-hybridized carbons (Fsp3) is 0.636. The molecule has 1 aromatic rings. The molecule has 0 aliphatic carbocycles. The third kappa shape index (κ3) is 2.61. The topological polar surface area (TPSA) is 125 Å². The Labute approximate surface area is 107 Å². The fourth-order valence-corrected chi connectivity index (χ4v) is 2.32. The molecule has 1 aliphatic rings. The van der Waals surface area contributed by atoms with Crippen molar-refractivity contribution in [2.75, 3.05) is 13.2 Å². The molecular formula is C11H16N2O6. The van der Waals surface area contributed by atoms with Crippen LogP contribution in [0.4, 0.5) is 0 Å². The molecule has 1 aromatic heterocycles. The first-order chi connectivity index (χ1) is 9.08. The average Bonchev–Trinajstić information content (AvgIpc) is 2.68. The zero-order valence-corrected chi connectivity index (χ0v) is 10.1. The third-order valence-electron chi connectivity index (χ3n) is 3.27. The van der Waals surface area contributed by atoms with Gasteiger partial charge < -0.3 is 20.1 Å². The second-order valence-electron chi connectivity index (χ2n) is 4.43. The number of aromatic nitrogens is 2. The molecule has 0 saturated carbocycles. The number of rotatable bonds is 4. The van der Waals surface area contributed by atoms with E-state index in [0.29, 0.717) is 0 Å². The van der Waals surface area contributed by atoms with Crippen molar-refractivity contribution in [1.82, 2.24) is 9.55 Å². The standard InChI is InChI=1S/C11H16N2O6/c14-4-2-6-9(17)7(5-15)19-10(6)13-3-1-8(16)12-11(13)18/h1,3,6-7,9-10,14-15,17H,2,4-5H2,(H,12,16,18)/t6-,7-,9+,10-/m1/s1. The maximum Gasteiger partial charge on any atom is 0.330 e. The van der Waals surface area contributed by atoms with E-state index in [1.807, 2.05) is 0 Å². The Balaban J connectivity index is 2.36. The first-order valence-corrected chi connectivity index (χ1v) is 5.95. The quantitative estimate of drug-likeness (QED) is 0.492. The Morgan fingerprint density at radius 2 is 2.11 bits per heavy atom. The van der Waals surface area contributed by atoms with Gasteiger partial charge in [0.2, 0.25) is 0 Å². The first kappa shape index (κ1) is 13.9. The van der Waals surface area contributed by atoms with Crippen LogP contribution in [0, 0.1) is 5.92 Å². The highest BCUT2D eigenvalue weighted by Gasteiger charge is 2.44. The number of nitrogens with zero attached hydrogens (tertiary/aromatic N) is 1. The van der Waals surface area contributed by atoms with Gasteiger partial charge in [-0.3, -0.25) is 14.3 Å². The maximum atomic E-state index is 11.7. The van der Waals surface area contributed by atoms with E-state index in [-0.39, 0.29) is 13.0 Å². The average molecular weight is 272 g/mol. The van der Waals surface area contributed by atoms with Gasteiger partial charge in [-0.15, -0.1) is 0 Å². The van der Waals surface area contributed by atoms with Crippen LogP contribution in [0.2, 0.25) is 0 Å². The van der Waals surface area contributed by atoms with Crippen LogP contribution in [0.15, 0.2) is 21.9 Å². The summed E-state index contributed by atoms with van der Waals surface area (Å²) in [6, 6.07) is 1.17. The SMILES string of the molecule is O=c1ccn([C@@H]2O[C@H](CO)[C@@H](O)[C@H]2CCO)c(=O)[nH]1. The Morgan fingerprint density at radius 1 is 1.37 bits per heavy atom. The van der Waals surface area contributed by atoms with Crippen molar-refractivity contribution >= 4 is 0 Å². The van der Waals surface area contributed by atoms with Gasteiger partial charge in [0.15, 0.2) is 0 Å². The van der Waals surface area contributed by atoms with Crippen molar-refractivity contribution in [3.05, 3.63) is 33.1 Å². The highest BCUT2D eigenvalue weighted by molar-refractivity contribution is 4.92. The van der Waals surface area contributed by atoms with E-state index in [9.17, 15) is 14.7 Å². The second-order valence-corrected chi connectivity index (χ2v) is 4.43. The Kier molecular flexibility index (Phi) is 4.15. The lowest BCUT2D eigenvalue weighted by molar-refractivity contribution is -0.0486. The van der Waals surface area contributed by atoms with Crippen molar-refractivity contribution < 1.29 is 20.1 Å². The number of aliphatic hydroxyl groups excluding tert-OH is 3. The summed E-state index contributed by atoms with van der Waals surface area (Å²) in [5.41, 5.74) is -1.19. The number of hydrogen-bond donors (Lipinski definition) is 4. The van der Waals surface area contributed by atoms with Crippen molar-refractivity contribution in [3.63, 3.8) is 0 Å². The highest BCUT2D eigenvalue weighted by Crippen LogP contribution is 2.35. The van der Waals surface area contributed by atoms with E-state index in [1.165, 1.54) is 12.3 Å². The molecule has 0 unspecified atom stereocenters. The molecule has 8 heteroatoms. The number of nitrogens with one attached hydrogen (secondary N) is 1. The number of hydrogen-bond acceptors (Lipinski definition) is 6. The van der Waals surface area contributed by atoms with Gasteiger partial charge in [-0.1, -0.05) is 0 Å². The van der Waals surface area contributed by atoms with Crippen molar-refractivity contribution in [3.8, 4) is 0 Å². The summed E-state index contributed by atoms with van der Waals surface area (Å²) >= 11 is 0. The predicted octanol–water partition coefficient (Wildman–Crippen LogP) is -2.21. The highest BCUT2D eigenvalue weighted by atomic mass is 16.5. The normalized spacial score (nSPS) is 30.7. The molecule has 2 heterocycles. The van der Waals surface area contributed by atoms with Crippen LogP contribution in [0.3, 0.4) is 0 Å². The van der Waals surface area contributed by atoms with Crippen LogP contribution in [0.1, 0.15) is 12.6 Å². The molecule has 0 spiro atoms. The summed E-state index contributed by atoms with van der Waals surface area (Å²) in [7, 11) is 0. The Hall–Kier alpha value is -1.48. The summed E-state index contributed by atoms with van der Waals surface area (Å²) in [4.78, 5) is 24.8. The zero-order chi connectivity index (χ0) is 14.0. The Bertz CT molecular complexity index is 538. The van der Waals surface area contributed by atoms with E-state index >= 15 is 0 Å². The molecule has 0 radical (unpaired) electrons. The molecule has 1 saturated heterocycles. The predicted molar refractivity (Wildman–Crippen MR) is 63.5 cm³/mol. The minimum absolute atomic E-state index is 0.183. The van der Waals surface area contributed by atoms with Gasteiger partial charge in [-0.05, 0) is 6.42 Å². The number of H-pyrrole nitrogens is 1. The number of aliphatic hydroxyl groups is 3. The fourth-order valence-electron chi connectivity index (χ4n) is 2.32. The van der Waals surface area contributed by atoms with Crippen LogP contribution < -0.4 is 11.2 Å². The zero-order valence-electron chi connectivity index (χ0n) is 10.1. The van der Waals surface area contributed by atoms with Gasteiger partial charge >= 0.3 is 5.69 Å². The Morgan fingerprint density at radius 3 is 2.68 bits per heavy atom. The second kappa shape index (κ2) is 5.66. The van der Waals surface area contributed by atoms with E-state index in [0.717, 1.165) is 4.57 Å². The maximum absolute atomic E-state index is 11.7. The van der Waals surface area contributed by atoms with E-state index in [2.05, 4.69) is 4.98 Å². The molecular weight excluding hydrogens is 256 g/mol. The molecule has 8 nitrogen and oxygen atoms in total. The molecule has 0 amide bonds. The molecule has 1 fully saturated rings. The summed E-state index contributed by atoms with van der Waals surface area (Å²) in [6.07, 6.45) is -1.15. The van der Waals surface area contributed by atoms with E-state index in [1.54, 1.807) is 0 Å². The summed E-state index contributed by atoms with van der Waals surface area (Å²) in [5.74, 6) is -0.536. The molecule has 2 rings (SSSR count). The molecule has 0 aromatic carbocycles. The number of aromatic amines is 1. The van der Waals surface area contributed by atoms with E-state index in [4.69, 9.17) is 14.9 Å². The van der Waals surface area contributed by atoms with Crippen LogP contribution in [0.25, 0.3) is 0 Å². The third-order valence-corrected chi connectivity index (χ3v) is 3.27. The number of ether oxygens (including phenoxy) is 1. The van der Waals surface area contributed by atoms with Crippen molar-refractivity contribution in [1.29, 1.82) is 0 Å². The molecule has 0 bridgehead atoms. The van der Waals surface area contributed by atoms with E-state index < -0.39 is 42.2 Å². The van der Waals surface area contributed by atoms with Gasteiger partial charge in [0.05, 0.1) is 12.7 Å². The van der Waals surface area contributed by atoms with Crippen LogP contribution in [0.5, 0.6) is 0 Å². The molecule has 1 aliphatic heterocycles. The first-order valence-electron chi connectivity index (χ1n) is 5.95. The van der Waals surface area contributed by atoms with Crippen molar-refractivity contribution in [2.45, 2.75) is 24.9 Å². The monoisotopic (exact) mass is 272 g/mol. The lowest BCUT2D eigenvalue weighted by Crippen LogP contribution is -2.35. The summed E-state index contributed by atoms with van der Waals surface area (Å²) in [5, 5.41) is 28.1. The van der Waals surface area contributed by atoms with Gasteiger partial charge in [0.25, 0.3) is 5.56 Å². The molecule has 4 atom stereocenters. The summed E-state index contributed by atoms with van der Waals surface area (Å²) in [6.45, 7) is -0.574. The molecule has 19 heavy (non-hydrogen) atoms. The smallest absolute Gasteiger partial charge is 0.330 e. The van der Waals surface area contributed by atoms with Gasteiger partial charge in [0, 0.05) is 24.8 Å². The summed E-state index contributed by atoms with van der Waals surface area (Å²) < 4.78 is 6.56. The minimum atomic E-state index is -0.985. The minimum Gasteiger partial charge on any atom is -0.396 e. The largest absolute Gasteiger partial charge is 0.396 e. The molecule has 4 N–H and O–H groups in total. The molecule has 106 valence electrons. The van der Waals surface area contributed by atoms with Gasteiger partial charge in [-0.2, -0.15) is 0 Å². The van der Waals surface area contributed by atoms with Crippen LogP contribution in [-0.2, 0) is 4.74 Å². The van der Waals surface area contributed by atoms with Crippen LogP contribution in [-0.4, -0.2) is 50.3 Å². The lowest BCUT2D eigenvalue weighted by Gasteiger charge is -2.20. The van der Waals surface area contributed by atoms with Gasteiger partial charge in [-0.25, -0.2) is 4.79 Å². The lowest BCUT2D eigenvalue weighted by atomic mass is 9.96. The van der Waals surface area contributed by atoms with Crippen molar-refractivity contribution in [2.24, 2.45) is 5.92 Å².